The molecule has 7 unspecified atom stereocenters. The van der Waals surface area contributed by atoms with Crippen LogP contribution in [0.1, 0.15) is 192 Å². The zero-order chi connectivity index (χ0) is 56.9. The van der Waals surface area contributed by atoms with Gasteiger partial charge in [-0.05, 0) is 185 Å². The number of fused-ring (bicyclic) bond motifs is 6. The topological polar surface area (TPSA) is 237 Å². The van der Waals surface area contributed by atoms with Crippen LogP contribution in [0.3, 0.4) is 0 Å². The molecule has 2 N–H and O–H groups in total. The molecule has 442 valence electrons. The number of phosphoric acid groups is 2. The molecule has 1 saturated heterocycles. The van der Waals surface area contributed by atoms with Crippen LogP contribution in [0.4, 0.5) is 0 Å². The van der Waals surface area contributed by atoms with Gasteiger partial charge in [-0.1, -0.05) is 93.4 Å². The molecule has 0 radical (unpaired) electrons. The van der Waals surface area contributed by atoms with Crippen molar-refractivity contribution in [1.29, 1.82) is 0 Å². The molecule has 8 aliphatic rings. The van der Waals surface area contributed by atoms with Gasteiger partial charge in [0.15, 0.2) is 11.9 Å². The Morgan fingerprint density at radius 1 is 0.863 bits per heavy atom. The first-order valence-electron chi connectivity index (χ1n) is 30.0. The van der Waals surface area contributed by atoms with Crippen molar-refractivity contribution in [3.63, 3.8) is 0 Å². The summed E-state index contributed by atoms with van der Waals surface area (Å²) in [5.41, 5.74) is 0.792. The van der Waals surface area contributed by atoms with E-state index in [-0.39, 0.29) is 113 Å². The van der Waals surface area contributed by atoms with Gasteiger partial charge in [0.2, 0.25) is 0 Å². The van der Waals surface area contributed by atoms with Crippen LogP contribution >= 0.6 is 15.6 Å². The SMILES string of the molecule is CC[C@H](CC[C@@H](C)C1CC[C@H]2[C@@H]3CC[C@H]4CC(OP(=O)([O-])OC5=C(OP(=O)([O-])OC6CC(=O)O[C@H](CC[C@@H]7[C@@H]8C(=C[C@H](C)C[C@@H]8OC(=O)C(C)(C)CC)C=C[C@@H]7C)C6)C(C(O)CO)OC5=O)CC[C@]4(C)[C@H]3CC[C@]12C)C(C)C.[Na+].[Na+]. The molecule has 2 heterocycles. The van der Waals surface area contributed by atoms with Crippen molar-refractivity contribution in [1.82, 2.24) is 0 Å². The number of allylic oxidation sites excluding steroid dienone is 3. The minimum absolute atomic E-state index is 0. The van der Waals surface area contributed by atoms with Crippen molar-refractivity contribution < 1.29 is 135 Å². The quantitative estimate of drug-likeness (QED) is 0.0612. The van der Waals surface area contributed by atoms with Crippen LogP contribution in [0.2, 0.25) is 0 Å². The standard InChI is InChI=1S/C60H96O16P2.2Na/c1-12-38(34(3)4)16-15-37(7)46-22-23-47-45-20-18-40-30-42(24-26-59(40,10)48(45)25-27-60(46,47)11)73-77(66,67)76-55-54(53(49(62)33-61)72-56(55)64)75-78(68,69)74-43-31-41(70-51(63)32-43)19-21-44-36(6)14-17-39-28-35(5)29-50(52(39)44)71-57(65)58(8,9)13-2;;/h14,17,28,34-38,40-50,52-53,61-62H,12-13,15-16,18-27,29-33H2,1-11H3,(H,66,67)(H,68,69);;/q;2*+1/p-2/t35-,36-,37+,38+,40-,41+,42?,43?,44-,45-,46?,47-,48-,49?,50-,52-,53?,59-,60+;;/m0../s1. The van der Waals surface area contributed by atoms with Crippen LogP contribution in [0.25, 0.3) is 0 Å². The van der Waals surface area contributed by atoms with Crippen LogP contribution in [-0.4, -0.2) is 71.4 Å². The first kappa shape index (κ1) is 68.6. The van der Waals surface area contributed by atoms with Gasteiger partial charge in [0, 0.05) is 12.3 Å². The number of carbonyl (C=O) groups is 3. The molecule has 6 aliphatic carbocycles. The van der Waals surface area contributed by atoms with E-state index in [9.17, 15) is 43.5 Å². The van der Waals surface area contributed by atoms with Crippen LogP contribution in [0, 0.1) is 87.3 Å². The second kappa shape index (κ2) is 27.7. The Labute approximate surface area is 522 Å². The van der Waals surface area contributed by atoms with Crippen molar-refractivity contribution in [3.05, 3.63) is 35.3 Å². The number of hydrogen-bond donors (Lipinski definition) is 2. The Hall–Kier alpha value is -0.550. The van der Waals surface area contributed by atoms with Crippen molar-refractivity contribution in [2.24, 2.45) is 87.3 Å². The maximum Gasteiger partial charge on any atom is 1.00 e. The van der Waals surface area contributed by atoms with E-state index in [1.165, 1.54) is 44.9 Å². The third kappa shape index (κ3) is 15.0. The fourth-order valence-electron chi connectivity index (χ4n) is 16.7. The van der Waals surface area contributed by atoms with Crippen LogP contribution in [0.5, 0.6) is 0 Å². The van der Waals surface area contributed by atoms with Gasteiger partial charge in [-0.25, -0.2) is 4.79 Å². The minimum atomic E-state index is -5.62. The second-order valence-electron chi connectivity index (χ2n) is 27.0. The first-order chi connectivity index (χ1) is 36.6. The fraction of sp³-hybridized carbons (Fsp3) is 0.850. The van der Waals surface area contributed by atoms with Crippen LogP contribution in [0.15, 0.2) is 35.3 Å². The van der Waals surface area contributed by atoms with Gasteiger partial charge in [0.1, 0.15) is 18.3 Å². The molecule has 0 amide bonds. The summed E-state index contributed by atoms with van der Waals surface area (Å²) in [5.74, 6) is 0.523. The number of ether oxygens (including phenoxy) is 3. The molecule has 0 aromatic heterocycles. The van der Waals surface area contributed by atoms with Crippen LogP contribution < -0.4 is 68.9 Å². The van der Waals surface area contributed by atoms with Crippen molar-refractivity contribution in [2.45, 2.75) is 228 Å². The summed E-state index contributed by atoms with van der Waals surface area (Å²) in [6.45, 7) is 23.4. The summed E-state index contributed by atoms with van der Waals surface area (Å²) in [5, 5.41) is 20.5. The predicted molar refractivity (Wildman–Crippen MR) is 289 cm³/mol. The molecule has 16 nitrogen and oxygen atoms in total. The molecule has 0 aromatic carbocycles. The Balaban J connectivity index is 0.00000516. The Kier molecular flexibility index (Phi) is 23.7. The number of esters is 3. The molecule has 21 atom stereocenters. The summed E-state index contributed by atoms with van der Waals surface area (Å²) in [7, 11) is -11.1. The summed E-state index contributed by atoms with van der Waals surface area (Å²) in [4.78, 5) is 67.3. The smallest absolute Gasteiger partial charge is 0.746 e. The molecule has 5 fully saturated rings. The number of rotatable bonds is 22. The average Bonchev–Trinajstić information content (AvgIpc) is 3.99. The number of hydrogen-bond acceptors (Lipinski definition) is 16. The second-order valence-corrected chi connectivity index (χ2v) is 29.6. The molecule has 80 heavy (non-hydrogen) atoms. The van der Waals surface area contributed by atoms with E-state index in [1.807, 2.05) is 20.8 Å². The number of cyclic esters (lactones) is 2. The molecule has 0 aromatic rings. The molecule has 20 heteroatoms. The monoisotopic (exact) mass is 1180 g/mol. The summed E-state index contributed by atoms with van der Waals surface area (Å²) in [6, 6.07) is 0. The molecular weight excluding hydrogens is 1080 g/mol. The molecule has 0 bridgehead atoms. The van der Waals surface area contributed by atoms with E-state index >= 15 is 0 Å². The van der Waals surface area contributed by atoms with Gasteiger partial charge in [0.25, 0.3) is 5.76 Å². The number of carbonyl (C=O) groups excluding carboxylic acids is 3. The van der Waals surface area contributed by atoms with Crippen molar-refractivity contribution in [2.75, 3.05) is 6.61 Å². The molecule has 4 saturated carbocycles. The fourth-order valence-corrected chi connectivity index (χ4v) is 18.7. The maximum atomic E-state index is 13.8. The number of aliphatic hydroxyl groups is 2. The third-order valence-electron chi connectivity index (χ3n) is 21.6. The zero-order valence-electron chi connectivity index (χ0n) is 50.6. The minimum Gasteiger partial charge on any atom is -0.746 e. The third-order valence-corrected chi connectivity index (χ3v) is 23.5. The van der Waals surface area contributed by atoms with Gasteiger partial charge in [-0.2, -0.15) is 0 Å². The molecule has 8 rings (SSSR count). The van der Waals surface area contributed by atoms with E-state index in [0.29, 0.717) is 73.5 Å². The largest absolute Gasteiger partial charge is 1.00 e. The summed E-state index contributed by atoms with van der Waals surface area (Å²) in [6.07, 6.45) is 13.6. The number of phosphoric ester groups is 2. The Morgan fingerprint density at radius 3 is 2.21 bits per heavy atom. The van der Waals surface area contributed by atoms with E-state index in [1.54, 1.807) is 0 Å². The first-order valence-corrected chi connectivity index (χ1v) is 33.0. The van der Waals surface area contributed by atoms with E-state index in [2.05, 4.69) is 73.6 Å². The Bertz CT molecular complexity index is 2380. The van der Waals surface area contributed by atoms with E-state index < -0.39 is 88.1 Å². The van der Waals surface area contributed by atoms with Crippen molar-refractivity contribution in [3.8, 4) is 0 Å². The van der Waals surface area contributed by atoms with E-state index in [0.717, 1.165) is 36.7 Å². The van der Waals surface area contributed by atoms with Gasteiger partial charge in [0.05, 0.1) is 30.7 Å². The maximum absolute atomic E-state index is 13.8. The average molecular weight is 1180 g/mol. The number of aliphatic hydroxyl groups excluding tert-OH is 2. The summed E-state index contributed by atoms with van der Waals surface area (Å²) < 4.78 is 66.4. The summed E-state index contributed by atoms with van der Waals surface area (Å²) >= 11 is 0. The van der Waals surface area contributed by atoms with Gasteiger partial charge in [-0.15, -0.1) is 0 Å². The van der Waals surface area contributed by atoms with Crippen LogP contribution in [-0.2, 0) is 55.8 Å². The zero-order valence-corrected chi connectivity index (χ0v) is 56.4. The molecular formula is C60H94Na2O16P2. The molecule has 0 spiro atoms. The van der Waals surface area contributed by atoms with Gasteiger partial charge < -0.3 is 52.3 Å². The molecule has 2 aliphatic heterocycles. The normalized spacial score (nSPS) is 38.5. The van der Waals surface area contributed by atoms with E-state index in [4.69, 9.17) is 32.3 Å². The van der Waals surface area contributed by atoms with Gasteiger partial charge >= 0.3 is 92.7 Å². The Morgan fingerprint density at radius 2 is 1.54 bits per heavy atom. The van der Waals surface area contributed by atoms with Gasteiger partial charge in [-0.3, -0.25) is 18.7 Å². The van der Waals surface area contributed by atoms with Crippen molar-refractivity contribution >= 4 is 33.6 Å². The predicted octanol–water partition coefficient (Wildman–Crippen LogP) is 5.22.